The van der Waals surface area contributed by atoms with Crippen LogP contribution >= 0.6 is 12.4 Å². The van der Waals surface area contributed by atoms with Crippen LogP contribution in [0.2, 0.25) is 0 Å². The minimum atomic E-state index is -0.503. The smallest absolute Gasteiger partial charge is 0.321 e. The van der Waals surface area contributed by atoms with Crippen molar-refractivity contribution in [3.63, 3.8) is 0 Å². The molecule has 1 unspecified atom stereocenters. The zero-order valence-corrected chi connectivity index (χ0v) is 13.5. The summed E-state index contributed by atoms with van der Waals surface area (Å²) in [7, 11) is 0. The van der Waals surface area contributed by atoms with Gasteiger partial charge in [-0.1, -0.05) is 19.4 Å². The molecule has 0 bridgehead atoms. The Labute approximate surface area is 136 Å². The van der Waals surface area contributed by atoms with Crippen LogP contribution < -0.4 is 21.3 Å². The standard InChI is InChI=1S/C15H22N4O2.ClH/c1-2-5-13(16)14(20)18-11-6-3-7-12(10-11)19-9-4-8-17-15(19)21;/h3,6-7,10,13H,2,4-5,8-9,16H2,1H3,(H,17,21)(H,18,20);1H. The number of carbonyl (C=O) groups is 2. The molecule has 1 heterocycles. The van der Waals surface area contributed by atoms with E-state index >= 15 is 0 Å². The lowest BCUT2D eigenvalue weighted by Crippen LogP contribution is -2.46. The third kappa shape index (κ3) is 4.61. The van der Waals surface area contributed by atoms with Gasteiger partial charge in [0.2, 0.25) is 5.91 Å². The van der Waals surface area contributed by atoms with Gasteiger partial charge >= 0.3 is 6.03 Å². The molecule has 0 spiro atoms. The van der Waals surface area contributed by atoms with Gasteiger partial charge in [0.05, 0.1) is 6.04 Å². The zero-order chi connectivity index (χ0) is 15.2. The van der Waals surface area contributed by atoms with Gasteiger partial charge in [-0.25, -0.2) is 4.79 Å². The number of nitrogens with two attached hydrogens (primary N) is 1. The fraction of sp³-hybridized carbons (Fsp3) is 0.467. The number of nitrogens with one attached hydrogen (secondary N) is 2. The Balaban J connectivity index is 0.00000242. The van der Waals surface area contributed by atoms with Crippen molar-refractivity contribution >= 4 is 35.7 Å². The van der Waals surface area contributed by atoms with E-state index in [1.807, 2.05) is 19.1 Å². The van der Waals surface area contributed by atoms with Crippen LogP contribution in [0, 0.1) is 0 Å². The number of urea groups is 1. The Kier molecular flexibility index (Phi) is 7.14. The van der Waals surface area contributed by atoms with Gasteiger partial charge in [0, 0.05) is 24.5 Å². The second kappa shape index (κ2) is 8.60. The van der Waals surface area contributed by atoms with Crippen LogP contribution in [0.1, 0.15) is 26.2 Å². The van der Waals surface area contributed by atoms with Crippen LogP contribution in [-0.4, -0.2) is 31.1 Å². The van der Waals surface area contributed by atoms with Crippen molar-refractivity contribution in [1.82, 2.24) is 5.32 Å². The first-order valence-electron chi connectivity index (χ1n) is 7.33. The maximum Gasteiger partial charge on any atom is 0.321 e. The number of carbonyl (C=O) groups excluding carboxylic acids is 2. The fourth-order valence-electron chi connectivity index (χ4n) is 2.30. The second-order valence-corrected chi connectivity index (χ2v) is 5.17. The van der Waals surface area contributed by atoms with Crippen molar-refractivity contribution in [1.29, 1.82) is 0 Å². The summed E-state index contributed by atoms with van der Waals surface area (Å²) in [6, 6.07) is 6.65. The van der Waals surface area contributed by atoms with E-state index < -0.39 is 6.04 Å². The summed E-state index contributed by atoms with van der Waals surface area (Å²) in [5.74, 6) is -0.197. The summed E-state index contributed by atoms with van der Waals surface area (Å²) >= 11 is 0. The molecule has 0 aromatic heterocycles. The summed E-state index contributed by atoms with van der Waals surface area (Å²) in [6.07, 6.45) is 2.42. The lowest BCUT2D eigenvalue weighted by Gasteiger charge is -2.27. The summed E-state index contributed by atoms with van der Waals surface area (Å²) in [5.41, 5.74) is 7.22. The van der Waals surface area contributed by atoms with E-state index in [-0.39, 0.29) is 24.3 Å². The molecule has 6 nitrogen and oxygen atoms in total. The van der Waals surface area contributed by atoms with Gasteiger partial charge in [-0.2, -0.15) is 0 Å². The van der Waals surface area contributed by atoms with Crippen LogP contribution in [0.4, 0.5) is 16.2 Å². The number of anilines is 2. The van der Waals surface area contributed by atoms with Crippen molar-refractivity contribution in [2.24, 2.45) is 5.73 Å². The molecule has 122 valence electrons. The predicted octanol–water partition coefficient (Wildman–Crippen LogP) is 2.09. The predicted molar refractivity (Wildman–Crippen MR) is 90.6 cm³/mol. The van der Waals surface area contributed by atoms with Crippen LogP contribution in [0.25, 0.3) is 0 Å². The summed E-state index contributed by atoms with van der Waals surface area (Å²) < 4.78 is 0. The van der Waals surface area contributed by atoms with Gasteiger partial charge in [-0.3, -0.25) is 9.69 Å². The number of hydrogen-bond donors (Lipinski definition) is 3. The summed E-state index contributed by atoms with van der Waals surface area (Å²) in [5, 5.41) is 5.60. The van der Waals surface area contributed by atoms with Crippen LogP contribution in [0.5, 0.6) is 0 Å². The van der Waals surface area contributed by atoms with E-state index in [4.69, 9.17) is 5.73 Å². The largest absolute Gasteiger partial charge is 0.338 e. The highest BCUT2D eigenvalue weighted by molar-refractivity contribution is 5.97. The highest BCUT2D eigenvalue weighted by Crippen LogP contribution is 2.21. The molecule has 1 fully saturated rings. The third-order valence-electron chi connectivity index (χ3n) is 3.44. The number of benzene rings is 1. The van der Waals surface area contributed by atoms with Crippen molar-refractivity contribution in [2.75, 3.05) is 23.3 Å². The highest BCUT2D eigenvalue weighted by Gasteiger charge is 2.19. The average Bonchev–Trinajstić information content (AvgIpc) is 2.48. The molecular formula is C15H23ClN4O2. The van der Waals surface area contributed by atoms with E-state index in [0.29, 0.717) is 25.2 Å². The number of nitrogens with zero attached hydrogens (tertiary/aromatic N) is 1. The van der Waals surface area contributed by atoms with Gasteiger partial charge in [-0.15, -0.1) is 12.4 Å². The molecule has 1 atom stereocenters. The van der Waals surface area contributed by atoms with Gasteiger partial charge < -0.3 is 16.4 Å². The van der Waals surface area contributed by atoms with E-state index in [1.54, 1.807) is 17.0 Å². The zero-order valence-electron chi connectivity index (χ0n) is 12.7. The SMILES string of the molecule is CCCC(N)C(=O)Nc1cccc(N2CCCNC2=O)c1.Cl. The van der Waals surface area contributed by atoms with E-state index in [9.17, 15) is 9.59 Å². The van der Waals surface area contributed by atoms with Gasteiger partial charge in [0.1, 0.15) is 0 Å². The summed E-state index contributed by atoms with van der Waals surface area (Å²) in [4.78, 5) is 25.4. The second-order valence-electron chi connectivity index (χ2n) is 5.17. The first kappa shape index (κ1) is 18.3. The minimum Gasteiger partial charge on any atom is -0.338 e. The lowest BCUT2D eigenvalue weighted by atomic mass is 10.1. The summed E-state index contributed by atoms with van der Waals surface area (Å²) in [6.45, 7) is 3.37. The molecule has 1 aliphatic heterocycles. The molecule has 22 heavy (non-hydrogen) atoms. The van der Waals surface area contributed by atoms with Crippen molar-refractivity contribution in [2.45, 2.75) is 32.2 Å². The first-order valence-corrected chi connectivity index (χ1v) is 7.33. The number of halogens is 1. The third-order valence-corrected chi connectivity index (χ3v) is 3.44. The van der Waals surface area contributed by atoms with Crippen LogP contribution in [-0.2, 0) is 4.79 Å². The molecular weight excluding hydrogens is 304 g/mol. The maximum absolute atomic E-state index is 11.9. The topological polar surface area (TPSA) is 87.5 Å². The quantitative estimate of drug-likeness (QED) is 0.774. The molecule has 0 radical (unpaired) electrons. The molecule has 1 aromatic rings. The number of hydrogen-bond acceptors (Lipinski definition) is 3. The Bertz CT molecular complexity index is 524. The Morgan fingerprint density at radius 2 is 2.27 bits per heavy atom. The lowest BCUT2D eigenvalue weighted by molar-refractivity contribution is -0.117. The Hall–Kier alpha value is -1.79. The molecule has 4 N–H and O–H groups in total. The highest BCUT2D eigenvalue weighted by atomic mass is 35.5. The Morgan fingerprint density at radius 3 is 2.95 bits per heavy atom. The first-order chi connectivity index (χ1) is 10.1. The van der Waals surface area contributed by atoms with Crippen LogP contribution in [0.15, 0.2) is 24.3 Å². The average molecular weight is 327 g/mol. The number of amides is 3. The van der Waals surface area contributed by atoms with Crippen LogP contribution in [0.3, 0.4) is 0 Å². The van der Waals surface area contributed by atoms with E-state index in [1.165, 1.54) is 0 Å². The molecule has 0 saturated carbocycles. The molecule has 1 saturated heterocycles. The molecule has 2 rings (SSSR count). The van der Waals surface area contributed by atoms with Gasteiger partial charge in [0.25, 0.3) is 0 Å². The fourth-order valence-corrected chi connectivity index (χ4v) is 2.30. The molecule has 0 aliphatic carbocycles. The number of rotatable bonds is 5. The Morgan fingerprint density at radius 1 is 1.50 bits per heavy atom. The molecule has 3 amide bonds. The van der Waals surface area contributed by atoms with Crippen molar-refractivity contribution < 1.29 is 9.59 Å². The van der Waals surface area contributed by atoms with E-state index in [0.717, 1.165) is 18.5 Å². The molecule has 1 aromatic carbocycles. The van der Waals surface area contributed by atoms with Crippen molar-refractivity contribution in [3.05, 3.63) is 24.3 Å². The monoisotopic (exact) mass is 326 g/mol. The minimum absolute atomic E-state index is 0. The maximum atomic E-state index is 11.9. The van der Waals surface area contributed by atoms with Gasteiger partial charge in [0.15, 0.2) is 0 Å². The van der Waals surface area contributed by atoms with Gasteiger partial charge in [-0.05, 0) is 31.0 Å². The normalized spacial score (nSPS) is 15.5. The molecule has 1 aliphatic rings. The van der Waals surface area contributed by atoms with E-state index in [2.05, 4.69) is 10.6 Å². The van der Waals surface area contributed by atoms with Crippen molar-refractivity contribution in [3.8, 4) is 0 Å². The molecule has 7 heteroatoms.